The van der Waals surface area contributed by atoms with E-state index in [9.17, 15) is 9.90 Å². The average Bonchev–Trinajstić information content (AvgIpc) is 2.50. The molecule has 5 heteroatoms. The van der Waals surface area contributed by atoms with Crippen LogP contribution in [-0.4, -0.2) is 22.9 Å². The third kappa shape index (κ3) is 3.03. The second kappa shape index (κ2) is 6.73. The maximum Gasteiger partial charge on any atom is 0.297 e. The summed E-state index contributed by atoms with van der Waals surface area (Å²) < 4.78 is 12.4. The van der Waals surface area contributed by atoms with Crippen LogP contribution in [0, 0.1) is 0 Å². The summed E-state index contributed by atoms with van der Waals surface area (Å²) in [5.41, 5.74) is 0.354. The molecular formula is C17H23NO4. The smallest absolute Gasteiger partial charge is 0.297 e. The molecule has 0 atom stereocenters. The Kier molecular flexibility index (Phi) is 4.96. The molecule has 0 aliphatic rings. The molecule has 0 bridgehead atoms. The number of unbranched alkanes of at least 4 members (excludes halogenated alkanes) is 1. The quantitative estimate of drug-likeness (QED) is 0.889. The molecule has 1 aromatic carbocycles. The summed E-state index contributed by atoms with van der Waals surface area (Å²) in [5.74, 6) is 0.557. The molecule has 0 radical (unpaired) electrons. The number of ether oxygens (including phenoxy) is 2. The lowest BCUT2D eigenvalue weighted by atomic mass is 10.1. The minimum Gasteiger partial charge on any atom is -0.504 e. The van der Waals surface area contributed by atoms with Crippen molar-refractivity contribution in [2.24, 2.45) is 0 Å². The lowest BCUT2D eigenvalue weighted by Crippen LogP contribution is -2.24. The van der Waals surface area contributed by atoms with E-state index in [0.717, 1.165) is 12.8 Å². The second-order valence-electron chi connectivity index (χ2n) is 5.54. The summed E-state index contributed by atoms with van der Waals surface area (Å²) >= 11 is 0. The molecule has 2 aromatic rings. The SMILES string of the molecule is CCCCn1c(=O)c(OC(C)C)c(O)c2ccc(OC)cc21. The van der Waals surface area contributed by atoms with Crippen molar-refractivity contribution in [3.05, 3.63) is 28.6 Å². The summed E-state index contributed by atoms with van der Waals surface area (Å²) in [7, 11) is 1.58. The summed E-state index contributed by atoms with van der Waals surface area (Å²) in [6, 6.07) is 5.28. The largest absolute Gasteiger partial charge is 0.504 e. The zero-order valence-electron chi connectivity index (χ0n) is 13.5. The van der Waals surface area contributed by atoms with Gasteiger partial charge in [0, 0.05) is 18.0 Å². The van der Waals surface area contributed by atoms with E-state index in [1.54, 1.807) is 29.9 Å². The number of hydrogen-bond donors (Lipinski definition) is 1. The van der Waals surface area contributed by atoms with E-state index < -0.39 is 0 Å². The zero-order chi connectivity index (χ0) is 16.3. The highest BCUT2D eigenvalue weighted by molar-refractivity contribution is 5.88. The van der Waals surface area contributed by atoms with E-state index in [2.05, 4.69) is 6.92 Å². The van der Waals surface area contributed by atoms with Gasteiger partial charge in [0.15, 0.2) is 5.75 Å². The molecule has 0 unspecified atom stereocenters. The van der Waals surface area contributed by atoms with Gasteiger partial charge < -0.3 is 19.1 Å². The molecular weight excluding hydrogens is 282 g/mol. The molecule has 0 amide bonds. The minimum atomic E-state index is -0.305. The highest BCUT2D eigenvalue weighted by Crippen LogP contribution is 2.33. The highest BCUT2D eigenvalue weighted by atomic mass is 16.5. The van der Waals surface area contributed by atoms with Crippen molar-refractivity contribution in [1.29, 1.82) is 0 Å². The van der Waals surface area contributed by atoms with E-state index in [1.807, 2.05) is 13.8 Å². The number of pyridine rings is 1. The van der Waals surface area contributed by atoms with Crippen LogP contribution in [0.15, 0.2) is 23.0 Å². The fraction of sp³-hybridized carbons (Fsp3) is 0.471. The molecule has 1 N–H and O–H groups in total. The topological polar surface area (TPSA) is 60.7 Å². The first-order chi connectivity index (χ1) is 10.5. The highest BCUT2D eigenvalue weighted by Gasteiger charge is 2.19. The number of hydrogen-bond acceptors (Lipinski definition) is 4. The number of methoxy groups -OCH3 is 1. The van der Waals surface area contributed by atoms with Gasteiger partial charge in [-0.2, -0.15) is 0 Å². The monoisotopic (exact) mass is 305 g/mol. The molecule has 0 saturated carbocycles. The Morgan fingerprint density at radius 3 is 2.64 bits per heavy atom. The third-order valence-corrected chi connectivity index (χ3v) is 3.49. The van der Waals surface area contributed by atoms with Crippen LogP contribution in [0.2, 0.25) is 0 Å². The van der Waals surface area contributed by atoms with E-state index in [-0.39, 0.29) is 23.2 Å². The van der Waals surface area contributed by atoms with Crippen LogP contribution < -0.4 is 15.0 Å². The van der Waals surface area contributed by atoms with Crippen molar-refractivity contribution < 1.29 is 14.6 Å². The van der Waals surface area contributed by atoms with Crippen molar-refractivity contribution in [3.8, 4) is 17.2 Å². The summed E-state index contributed by atoms with van der Waals surface area (Å²) in [6.07, 6.45) is 1.66. The standard InChI is InChI=1S/C17H23NO4/c1-5-6-9-18-14-10-12(21-4)7-8-13(14)15(19)16(17(18)20)22-11(2)3/h7-8,10-11,19H,5-6,9H2,1-4H3. The zero-order valence-corrected chi connectivity index (χ0v) is 13.5. The predicted octanol–water partition coefficient (Wildman–Crippen LogP) is 3.30. The number of rotatable bonds is 6. The Morgan fingerprint density at radius 2 is 2.05 bits per heavy atom. The van der Waals surface area contributed by atoms with Crippen LogP contribution in [0.3, 0.4) is 0 Å². The summed E-state index contributed by atoms with van der Waals surface area (Å²) in [4.78, 5) is 12.7. The molecule has 0 spiro atoms. The second-order valence-corrected chi connectivity index (χ2v) is 5.54. The lowest BCUT2D eigenvalue weighted by Gasteiger charge is -2.17. The Labute approximate surface area is 130 Å². The van der Waals surface area contributed by atoms with E-state index in [0.29, 0.717) is 23.2 Å². The van der Waals surface area contributed by atoms with Crippen molar-refractivity contribution in [3.63, 3.8) is 0 Å². The van der Waals surface area contributed by atoms with Gasteiger partial charge in [0.05, 0.1) is 18.7 Å². The Balaban J connectivity index is 2.75. The van der Waals surface area contributed by atoms with Crippen LogP contribution >= 0.6 is 0 Å². The normalized spacial score (nSPS) is 11.1. The number of fused-ring (bicyclic) bond motifs is 1. The third-order valence-electron chi connectivity index (χ3n) is 3.49. The van der Waals surface area contributed by atoms with E-state index >= 15 is 0 Å². The van der Waals surface area contributed by atoms with Crippen LogP contribution in [0.1, 0.15) is 33.6 Å². The number of aromatic nitrogens is 1. The van der Waals surface area contributed by atoms with Crippen molar-refractivity contribution in [1.82, 2.24) is 4.57 Å². The number of aryl methyl sites for hydroxylation is 1. The van der Waals surface area contributed by atoms with Gasteiger partial charge in [0.25, 0.3) is 5.56 Å². The van der Waals surface area contributed by atoms with E-state index in [1.165, 1.54) is 0 Å². The fourth-order valence-electron chi connectivity index (χ4n) is 2.40. The maximum absolute atomic E-state index is 12.7. The van der Waals surface area contributed by atoms with Crippen molar-refractivity contribution in [2.45, 2.75) is 46.3 Å². The van der Waals surface area contributed by atoms with Crippen molar-refractivity contribution >= 4 is 10.9 Å². The van der Waals surface area contributed by atoms with Gasteiger partial charge in [-0.25, -0.2) is 0 Å². The number of aromatic hydroxyl groups is 1. The first kappa shape index (κ1) is 16.2. The van der Waals surface area contributed by atoms with Gasteiger partial charge in [-0.05, 0) is 32.4 Å². The predicted molar refractivity (Wildman–Crippen MR) is 87.1 cm³/mol. The Morgan fingerprint density at radius 1 is 1.32 bits per heavy atom. The molecule has 120 valence electrons. The van der Waals surface area contributed by atoms with Gasteiger partial charge >= 0.3 is 0 Å². The molecule has 0 aliphatic carbocycles. The molecule has 5 nitrogen and oxygen atoms in total. The van der Waals surface area contributed by atoms with Gasteiger partial charge in [-0.15, -0.1) is 0 Å². The van der Waals surface area contributed by atoms with Crippen LogP contribution in [-0.2, 0) is 6.54 Å². The lowest BCUT2D eigenvalue weighted by molar-refractivity contribution is 0.227. The molecule has 0 aliphatic heterocycles. The van der Waals surface area contributed by atoms with Crippen molar-refractivity contribution in [2.75, 3.05) is 7.11 Å². The van der Waals surface area contributed by atoms with Gasteiger partial charge in [-0.3, -0.25) is 4.79 Å². The summed E-state index contributed by atoms with van der Waals surface area (Å²) in [6.45, 7) is 6.30. The van der Waals surface area contributed by atoms with Gasteiger partial charge in [0.1, 0.15) is 5.75 Å². The molecule has 22 heavy (non-hydrogen) atoms. The average molecular weight is 305 g/mol. The molecule has 2 rings (SSSR count). The Hall–Kier alpha value is -2.17. The number of nitrogens with zero attached hydrogens (tertiary/aromatic N) is 1. The molecule has 0 saturated heterocycles. The maximum atomic E-state index is 12.7. The molecule has 1 heterocycles. The van der Waals surface area contributed by atoms with E-state index in [4.69, 9.17) is 9.47 Å². The van der Waals surface area contributed by atoms with Gasteiger partial charge in [0.2, 0.25) is 5.75 Å². The summed E-state index contributed by atoms with van der Waals surface area (Å²) in [5, 5.41) is 11.0. The van der Waals surface area contributed by atoms with Gasteiger partial charge in [-0.1, -0.05) is 13.3 Å². The van der Waals surface area contributed by atoms with Crippen LogP contribution in [0.4, 0.5) is 0 Å². The minimum absolute atomic E-state index is 0.0174. The number of benzene rings is 1. The first-order valence-electron chi connectivity index (χ1n) is 7.59. The Bertz CT molecular complexity index is 719. The molecule has 1 aromatic heterocycles. The fourth-order valence-corrected chi connectivity index (χ4v) is 2.40. The van der Waals surface area contributed by atoms with Crippen LogP contribution in [0.25, 0.3) is 10.9 Å². The first-order valence-corrected chi connectivity index (χ1v) is 7.59. The molecule has 0 fully saturated rings. The van der Waals surface area contributed by atoms with Crippen LogP contribution in [0.5, 0.6) is 17.2 Å².